The van der Waals surface area contributed by atoms with E-state index in [2.05, 4.69) is 0 Å². The Hall–Kier alpha value is -4.19. The molecule has 0 fully saturated rings. The summed E-state index contributed by atoms with van der Waals surface area (Å²) in [4.78, 5) is 36.8. The van der Waals surface area contributed by atoms with Crippen molar-refractivity contribution >= 4 is 23.6 Å². The molecule has 3 rings (SSSR count). The van der Waals surface area contributed by atoms with Crippen LogP contribution in [0, 0.1) is 21.4 Å². The fourth-order valence-electron chi connectivity index (χ4n) is 3.27. The number of nitro benzene ring substituents is 1. The molecular formula is C22H19N3O6. The summed E-state index contributed by atoms with van der Waals surface area (Å²) >= 11 is 0. The maximum absolute atomic E-state index is 12.8. The van der Waals surface area contributed by atoms with E-state index in [-0.39, 0.29) is 34.7 Å². The maximum Gasteiger partial charge on any atom is 0.273 e. The Kier molecular flexibility index (Phi) is 6.02. The largest absolute Gasteiger partial charge is 0.496 e. The first kappa shape index (κ1) is 21.5. The van der Waals surface area contributed by atoms with Crippen LogP contribution in [0.5, 0.6) is 5.75 Å². The van der Waals surface area contributed by atoms with Crippen molar-refractivity contribution in [3.63, 3.8) is 0 Å². The van der Waals surface area contributed by atoms with E-state index in [9.17, 15) is 25.0 Å². The molecule has 31 heavy (non-hydrogen) atoms. The number of furan rings is 1. The second-order valence-corrected chi connectivity index (χ2v) is 6.78. The van der Waals surface area contributed by atoms with Gasteiger partial charge in [-0.15, -0.1) is 0 Å². The zero-order valence-corrected chi connectivity index (χ0v) is 17.2. The topological polar surface area (TPSA) is 127 Å². The average molecular weight is 421 g/mol. The molecule has 2 heterocycles. The molecule has 0 bridgehead atoms. The molecular weight excluding hydrogens is 402 g/mol. The van der Waals surface area contributed by atoms with Gasteiger partial charge in [0.2, 0.25) is 0 Å². The summed E-state index contributed by atoms with van der Waals surface area (Å²) in [7, 11) is 1.39. The molecule has 9 heteroatoms. The van der Waals surface area contributed by atoms with Crippen molar-refractivity contribution in [3.05, 3.63) is 62.9 Å². The van der Waals surface area contributed by atoms with Crippen LogP contribution in [-0.4, -0.2) is 35.3 Å². The molecule has 0 unspecified atom stereocenters. The molecule has 1 aliphatic heterocycles. The number of nitriles is 1. The Morgan fingerprint density at radius 3 is 2.61 bits per heavy atom. The number of amides is 2. The van der Waals surface area contributed by atoms with Crippen molar-refractivity contribution < 1.29 is 23.7 Å². The first-order chi connectivity index (χ1) is 14.8. The molecule has 0 N–H and O–H groups in total. The molecule has 0 radical (unpaired) electrons. The maximum atomic E-state index is 12.8. The molecule has 0 spiro atoms. The highest BCUT2D eigenvalue weighted by molar-refractivity contribution is 6.19. The Morgan fingerprint density at radius 1 is 1.26 bits per heavy atom. The predicted molar refractivity (Wildman–Crippen MR) is 111 cm³/mol. The summed E-state index contributed by atoms with van der Waals surface area (Å²) in [5.74, 6) is -0.125. The monoisotopic (exact) mass is 421 g/mol. The number of imide groups is 1. The van der Waals surface area contributed by atoms with Crippen molar-refractivity contribution in [2.45, 2.75) is 20.3 Å². The van der Waals surface area contributed by atoms with Gasteiger partial charge in [0.05, 0.1) is 23.7 Å². The number of non-ortho nitro benzene ring substituents is 1. The number of carbonyl (C=O) groups excluding carboxylic acids is 2. The minimum Gasteiger partial charge on any atom is -0.496 e. The highest BCUT2D eigenvalue weighted by Gasteiger charge is 2.35. The summed E-state index contributed by atoms with van der Waals surface area (Å²) in [6.07, 6.45) is 2.04. The van der Waals surface area contributed by atoms with Crippen LogP contribution in [0.25, 0.3) is 17.4 Å². The van der Waals surface area contributed by atoms with E-state index in [0.29, 0.717) is 23.5 Å². The lowest BCUT2D eigenvalue weighted by atomic mass is 9.94. The summed E-state index contributed by atoms with van der Waals surface area (Å²) in [6.45, 7) is 3.58. The Bertz CT molecular complexity index is 1180. The van der Waals surface area contributed by atoms with Gasteiger partial charge in [0.15, 0.2) is 0 Å². The quantitative estimate of drug-likeness (QED) is 0.300. The average Bonchev–Trinajstić information content (AvgIpc) is 3.22. The van der Waals surface area contributed by atoms with E-state index in [1.54, 1.807) is 19.1 Å². The molecule has 2 amide bonds. The van der Waals surface area contributed by atoms with Gasteiger partial charge >= 0.3 is 0 Å². The lowest BCUT2D eigenvalue weighted by molar-refractivity contribution is -0.384. The minimum absolute atomic E-state index is 0.0804. The number of methoxy groups -OCH3 is 1. The molecule has 1 aromatic heterocycles. The third-order valence-corrected chi connectivity index (χ3v) is 4.85. The number of rotatable bonds is 6. The number of ether oxygens (including phenoxy) is 1. The van der Waals surface area contributed by atoms with Gasteiger partial charge < -0.3 is 9.15 Å². The number of nitrogens with zero attached hydrogens (tertiary/aromatic N) is 3. The Balaban J connectivity index is 2.04. The molecule has 9 nitrogen and oxygen atoms in total. The van der Waals surface area contributed by atoms with Crippen LogP contribution in [0.3, 0.4) is 0 Å². The molecule has 0 saturated carbocycles. The van der Waals surface area contributed by atoms with Crippen LogP contribution in [0.2, 0.25) is 0 Å². The van der Waals surface area contributed by atoms with Crippen molar-refractivity contribution in [1.82, 2.24) is 4.90 Å². The van der Waals surface area contributed by atoms with Crippen LogP contribution in [0.4, 0.5) is 5.69 Å². The molecule has 0 aliphatic carbocycles. The SMILES string of the molecule is CCCN1C(=O)C(C#N)=C(C)/C(=C\c2ccc(-c3ccc([N+](=O)[O-])cc3OC)o2)C1=O. The molecule has 0 saturated heterocycles. The highest BCUT2D eigenvalue weighted by Crippen LogP contribution is 2.35. The number of hydrogen-bond acceptors (Lipinski definition) is 7. The van der Waals surface area contributed by atoms with Gasteiger partial charge in [0, 0.05) is 18.2 Å². The van der Waals surface area contributed by atoms with Gasteiger partial charge in [-0.3, -0.25) is 24.6 Å². The van der Waals surface area contributed by atoms with Crippen LogP contribution in [0.1, 0.15) is 26.0 Å². The standard InChI is InChI=1S/C22H19N3O6/c1-4-9-24-21(26)17(13(2)18(12-23)22(24)27)11-15-6-8-19(31-15)16-7-5-14(25(28)29)10-20(16)30-3/h5-8,10-11H,4,9H2,1-3H3/b17-11+. The van der Waals surface area contributed by atoms with Gasteiger partial charge in [0.25, 0.3) is 17.5 Å². The van der Waals surface area contributed by atoms with Gasteiger partial charge in [-0.05, 0) is 43.2 Å². The van der Waals surface area contributed by atoms with Crippen molar-refractivity contribution in [2.24, 2.45) is 0 Å². The smallest absolute Gasteiger partial charge is 0.273 e. The summed E-state index contributed by atoms with van der Waals surface area (Å²) in [5.41, 5.74) is 0.785. The van der Waals surface area contributed by atoms with Crippen LogP contribution in [0.15, 0.2) is 51.5 Å². The molecule has 2 aromatic rings. The highest BCUT2D eigenvalue weighted by atomic mass is 16.6. The second kappa shape index (κ2) is 8.67. The third kappa shape index (κ3) is 3.96. The zero-order valence-electron chi connectivity index (χ0n) is 17.2. The van der Waals surface area contributed by atoms with Gasteiger partial charge in [0.1, 0.15) is 28.9 Å². The Labute approximate surface area is 178 Å². The molecule has 158 valence electrons. The lowest BCUT2D eigenvalue weighted by Crippen LogP contribution is -2.43. The van der Waals surface area contributed by atoms with Gasteiger partial charge in [-0.25, -0.2) is 0 Å². The summed E-state index contributed by atoms with van der Waals surface area (Å²) in [5, 5.41) is 20.4. The molecule has 1 aliphatic rings. The van der Waals surface area contributed by atoms with E-state index < -0.39 is 16.7 Å². The lowest BCUT2D eigenvalue weighted by Gasteiger charge is -2.26. The van der Waals surface area contributed by atoms with Crippen molar-refractivity contribution in [3.8, 4) is 23.1 Å². The first-order valence-electron chi connectivity index (χ1n) is 9.44. The Morgan fingerprint density at radius 2 is 2.00 bits per heavy atom. The minimum atomic E-state index is -0.597. The van der Waals surface area contributed by atoms with E-state index in [1.807, 2.05) is 13.0 Å². The van der Waals surface area contributed by atoms with E-state index in [0.717, 1.165) is 4.90 Å². The van der Waals surface area contributed by atoms with Gasteiger partial charge in [-0.2, -0.15) is 5.26 Å². The normalized spacial score (nSPS) is 15.4. The summed E-state index contributed by atoms with van der Waals surface area (Å²) < 4.78 is 11.1. The third-order valence-electron chi connectivity index (χ3n) is 4.85. The number of carbonyl (C=O) groups is 2. The number of nitro groups is 1. The molecule has 1 aromatic carbocycles. The second-order valence-electron chi connectivity index (χ2n) is 6.78. The number of hydrogen-bond donors (Lipinski definition) is 0. The van der Waals surface area contributed by atoms with Crippen LogP contribution < -0.4 is 4.74 Å². The van der Waals surface area contributed by atoms with Crippen molar-refractivity contribution in [1.29, 1.82) is 5.26 Å². The van der Waals surface area contributed by atoms with E-state index in [4.69, 9.17) is 9.15 Å². The molecule has 0 atom stereocenters. The first-order valence-corrected chi connectivity index (χ1v) is 9.44. The summed E-state index contributed by atoms with van der Waals surface area (Å²) in [6, 6.07) is 9.29. The van der Waals surface area contributed by atoms with Crippen molar-refractivity contribution in [2.75, 3.05) is 13.7 Å². The number of benzene rings is 1. The zero-order chi connectivity index (χ0) is 22.7. The van der Waals surface area contributed by atoms with E-state index >= 15 is 0 Å². The van der Waals surface area contributed by atoms with Gasteiger partial charge in [-0.1, -0.05) is 6.92 Å². The fourth-order valence-corrected chi connectivity index (χ4v) is 3.27. The van der Waals surface area contributed by atoms with E-state index in [1.165, 1.54) is 31.4 Å². The fraction of sp³-hybridized carbons (Fsp3) is 0.227. The van der Waals surface area contributed by atoms with Crippen LogP contribution >= 0.6 is 0 Å². The van der Waals surface area contributed by atoms with Crippen LogP contribution in [-0.2, 0) is 9.59 Å². The predicted octanol–water partition coefficient (Wildman–Crippen LogP) is 3.87.